The Balaban J connectivity index is 1.60. The maximum atomic E-state index is 12.1. The number of ether oxygens (including phenoxy) is 3. The van der Waals surface area contributed by atoms with Gasteiger partial charge in [-0.1, -0.05) is 68.4 Å². The smallest absolute Gasteiger partial charge is 0.306 e. The number of carbonyl (C=O) groups excluding carboxylic acids is 1. The molecular weight excluding hydrogens is 440 g/mol. The zero-order valence-electron chi connectivity index (χ0n) is 21.3. The van der Waals surface area contributed by atoms with Gasteiger partial charge < -0.3 is 19.3 Å². The predicted molar refractivity (Wildman–Crippen MR) is 139 cm³/mol. The van der Waals surface area contributed by atoms with Gasteiger partial charge in [-0.25, -0.2) is 0 Å². The highest BCUT2D eigenvalue weighted by Crippen LogP contribution is 2.48. The van der Waals surface area contributed by atoms with Crippen molar-refractivity contribution in [3.63, 3.8) is 0 Å². The Morgan fingerprint density at radius 1 is 1.14 bits per heavy atom. The quantitative estimate of drug-likeness (QED) is 0.191. The maximum Gasteiger partial charge on any atom is 0.306 e. The summed E-state index contributed by atoms with van der Waals surface area (Å²) in [7, 11) is 1.65. The van der Waals surface area contributed by atoms with Crippen molar-refractivity contribution in [1.29, 1.82) is 0 Å². The number of benzene rings is 1. The van der Waals surface area contributed by atoms with Gasteiger partial charge in [0.2, 0.25) is 0 Å². The Hall–Kier alpha value is -2.37. The van der Waals surface area contributed by atoms with Crippen LogP contribution in [0.4, 0.5) is 0 Å². The molecule has 1 aliphatic heterocycles. The number of hydrogen-bond acceptors (Lipinski definition) is 5. The van der Waals surface area contributed by atoms with Crippen LogP contribution in [0.1, 0.15) is 70.3 Å². The minimum absolute atomic E-state index is 0.133. The topological polar surface area (TPSA) is 65.0 Å². The first-order chi connectivity index (χ1) is 17.1. The van der Waals surface area contributed by atoms with Crippen molar-refractivity contribution in [2.75, 3.05) is 7.11 Å². The second-order valence-corrected chi connectivity index (χ2v) is 9.58. The molecule has 0 radical (unpaired) electrons. The first kappa shape index (κ1) is 27.2. The molecule has 1 aromatic rings. The van der Waals surface area contributed by atoms with Crippen molar-refractivity contribution in [3.05, 3.63) is 66.3 Å². The van der Waals surface area contributed by atoms with Gasteiger partial charge in [0, 0.05) is 18.8 Å². The molecule has 5 atom stereocenters. The van der Waals surface area contributed by atoms with Crippen LogP contribution >= 0.6 is 0 Å². The number of rotatable bonds is 14. The zero-order chi connectivity index (χ0) is 24.9. The largest absolute Gasteiger partial charge is 0.497 e. The summed E-state index contributed by atoms with van der Waals surface area (Å²) >= 11 is 0. The van der Waals surface area contributed by atoms with Gasteiger partial charge >= 0.3 is 5.97 Å². The van der Waals surface area contributed by atoms with Gasteiger partial charge in [0.1, 0.15) is 11.9 Å². The lowest BCUT2D eigenvalue weighted by Crippen LogP contribution is -2.32. The molecule has 1 aromatic carbocycles. The number of cyclic esters (lactones) is 1. The summed E-state index contributed by atoms with van der Waals surface area (Å²) in [6, 6.07) is 7.79. The van der Waals surface area contributed by atoms with Gasteiger partial charge in [0.15, 0.2) is 0 Å². The fourth-order valence-corrected chi connectivity index (χ4v) is 4.65. The Morgan fingerprint density at radius 2 is 1.97 bits per heavy atom. The van der Waals surface area contributed by atoms with E-state index < -0.39 is 6.10 Å². The minimum Gasteiger partial charge on any atom is -0.497 e. The molecule has 1 aliphatic carbocycles. The predicted octanol–water partition coefficient (Wildman–Crippen LogP) is 6.31. The molecule has 1 saturated carbocycles. The fourth-order valence-electron chi connectivity index (χ4n) is 4.65. The minimum atomic E-state index is -0.712. The van der Waals surface area contributed by atoms with Gasteiger partial charge in [-0.05, 0) is 55.7 Å². The van der Waals surface area contributed by atoms with E-state index in [0.29, 0.717) is 13.0 Å². The van der Waals surface area contributed by atoms with E-state index in [1.165, 1.54) is 19.3 Å². The van der Waals surface area contributed by atoms with Crippen LogP contribution in [0.2, 0.25) is 0 Å². The number of methoxy groups -OCH3 is 1. The number of aliphatic hydroxyl groups is 1. The number of carbonyl (C=O) groups is 1. The van der Waals surface area contributed by atoms with Crippen LogP contribution in [-0.4, -0.2) is 36.5 Å². The van der Waals surface area contributed by atoms with Crippen molar-refractivity contribution in [1.82, 2.24) is 0 Å². The summed E-state index contributed by atoms with van der Waals surface area (Å²) < 4.78 is 17.3. The van der Waals surface area contributed by atoms with E-state index >= 15 is 0 Å². The molecule has 192 valence electrons. The monoisotopic (exact) mass is 482 g/mol. The zero-order valence-corrected chi connectivity index (χ0v) is 21.3. The highest BCUT2D eigenvalue weighted by Gasteiger charge is 2.51. The van der Waals surface area contributed by atoms with Crippen LogP contribution in [-0.2, 0) is 20.9 Å². The lowest BCUT2D eigenvalue weighted by atomic mass is 10.0. The van der Waals surface area contributed by atoms with Crippen LogP contribution in [0.5, 0.6) is 5.75 Å². The molecule has 0 bridgehead atoms. The highest BCUT2D eigenvalue weighted by atomic mass is 16.5. The molecule has 0 aromatic heterocycles. The van der Waals surface area contributed by atoms with E-state index in [2.05, 4.69) is 31.2 Å². The summed E-state index contributed by atoms with van der Waals surface area (Å²) in [6.07, 6.45) is 19.6. The van der Waals surface area contributed by atoms with Crippen molar-refractivity contribution in [2.24, 2.45) is 11.8 Å². The van der Waals surface area contributed by atoms with Gasteiger partial charge in [-0.15, -0.1) is 0 Å². The summed E-state index contributed by atoms with van der Waals surface area (Å²) in [5.74, 6) is 1.04. The molecule has 2 aliphatic rings. The Labute approximate surface area is 210 Å². The van der Waals surface area contributed by atoms with Crippen molar-refractivity contribution in [3.8, 4) is 5.75 Å². The molecular formula is C30H42O5. The molecule has 0 saturated heterocycles. The van der Waals surface area contributed by atoms with E-state index in [4.69, 9.17) is 14.2 Å². The van der Waals surface area contributed by atoms with E-state index in [-0.39, 0.29) is 30.0 Å². The van der Waals surface area contributed by atoms with Crippen molar-refractivity contribution in [2.45, 2.75) is 89.6 Å². The number of allylic oxidation sites excluding steroid dienone is 4. The van der Waals surface area contributed by atoms with Crippen LogP contribution in [0, 0.1) is 11.8 Å². The molecule has 3 rings (SSSR count). The number of aliphatic hydroxyl groups excluding tert-OH is 1. The molecule has 5 heteroatoms. The summed E-state index contributed by atoms with van der Waals surface area (Å²) in [4.78, 5) is 12.1. The number of hydrogen-bond donors (Lipinski definition) is 1. The molecule has 5 nitrogen and oxygen atoms in total. The van der Waals surface area contributed by atoms with Crippen molar-refractivity contribution >= 4 is 5.97 Å². The van der Waals surface area contributed by atoms with Gasteiger partial charge in [-0.3, -0.25) is 4.79 Å². The van der Waals surface area contributed by atoms with Crippen LogP contribution < -0.4 is 4.74 Å². The van der Waals surface area contributed by atoms with E-state index in [0.717, 1.165) is 43.4 Å². The highest BCUT2D eigenvalue weighted by molar-refractivity contribution is 5.70. The van der Waals surface area contributed by atoms with Crippen LogP contribution in [0.15, 0.2) is 60.7 Å². The summed E-state index contributed by atoms with van der Waals surface area (Å²) in [5, 5.41) is 11.0. The van der Waals surface area contributed by atoms with E-state index in [1.807, 2.05) is 36.4 Å². The second-order valence-electron chi connectivity index (χ2n) is 9.58. The first-order valence-corrected chi connectivity index (χ1v) is 13.2. The van der Waals surface area contributed by atoms with Gasteiger partial charge in [0.05, 0.1) is 25.9 Å². The summed E-state index contributed by atoms with van der Waals surface area (Å²) in [5.41, 5.74) is 1.03. The van der Waals surface area contributed by atoms with Gasteiger partial charge in [0.25, 0.3) is 0 Å². The Bertz CT molecular complexity index is 841. The number of unbranched alkanes of at least 4 members (excludes halogenated alkanes) is 3. The molecule has 1 N–H and O–H groups in total. The Kier molecular flexibility index (Phi) is 11.6. The number of esters is 1. The Morgan fingerprint density at radius 3 is 2.74 bits per heavy atom. The average Bonchev–Trinajstić information content (AvgIpc) is 3.64. The third-order valence-electron chi connectivity index (χ3n) is 6.81. The molecule has 1 heterocycles. The second kappa shape index (κ2) is 14.9. The van der Waals surface area contributed by atoms with Crippen molar-refractivity contribution < 1.29 is 24.1 Å². The molecule has 0 amide bonds. The normalized spacial score (nSPS) is 25.1. The maximum absolute atomic E-state index is 12.1. The van der Waals surface area contributed by atoms with E-state index in [1.54, 1.807) is 7.11 Å². The third-order valence-corrected chi connectivity index (χ3v) is 6.81. The standard InChI is InChI=1S/C30H42O5/c1-3-4-5-6-7-8-9-11-14-27(31)30(34-22-23-17-19-24(33-2)20-18-23)26-21-25(26)28-15-12-10-13-16-29(32)35-28/h7-8,10-12,14,17-20,25-28,30-31H,3-6,9,13,15-16,21-22H2,1-2H3/b8-7-,12-10-,14-11+/t25-,26-,27-,28-,30-/m1/s1. The SMILES string of the molecule is CCCCC/C=C\C/C=C/[C@@H](O)[C@H](OCc1ccc(OC)cc1)[C@@H]1C[C@H]1[C@H]1C/C=C\CCC(=O)O1. The molecule has 0 spiro atoms. The first-order valence-electron chi connectivity index (χ1n) is 13.2. The molecule has 35 heavy (non-hydrogen) atoms. The van der Waals surface area contributed by atoms with Gasteiger partial charge in [-0.2, -0.15) is 0 Å². The van der Waals surface area contributed by atoms with Crippen LogP contribution in [0.25, 0.3) is 0 Å². The van der Waals surface area contributed by atoms with Crippen LogP contribution in [0.3, 0.4) is 0 Å². The lowest BCUT2D eigenvalue weighted by Gasteiger charge is -2.24. The van der Waals surface area contributed by atoms with E-state index in [9.17, 15) is 9.90 Å². The fraction of sp³-hybridized carbons (Fsp3) is 0.567. The molecule has 1 fully saturated rings. The third kappa shape index (κ3) is 9.30. The summed E-state index contributed by atoms with van der Waals surface area (Å²) in [6.45, 7) is 2.62. The molecule has 0 unspecified atom stereocenters. The lowest BCUT2D eigenvalue weighted by molar-refractivity contribution is -0.150. The average molecular weight is 483 g/mol.